The maximum absolute atomic E-state index is 11.9. The zero-order valence-electron chi connectivity index (χ0n) is 13.5. The van der Waals surface area contributed by atoms with E-state index >= 15 is 0 Å². The SMILES string of the molecule is CC(C)(C)OC(=O)C[C@H]1CCN(C(=O)OC(C)(C)C)C1. The second-order valence-corrected chi connectivity index (χ2v) is 7.37. The Labute approximate surface area is 121 Å². The molecule has 1 heterocycles. The highest BCUT2D eigenvalue weighted by molar-refractivity contribution is 5.71. The number of hydrogen-bond donors (Lipinski definition) is 0. The fourth-order valence-corrected chi connectivity index (χ4v) is 2.11. The van der Waals surface area contributed by atoms with Gasteiger partial charge in [-0.05, 0) is 53.9 Å². The number of carbonyl (C=O) groups excluding carboxylic acids is 2. The minimum Gasteiger partial charge on any atom is -0.460 e. The maximum atomic E-state index is 11.9. The minimum atomic E-state index is -0.486. The Morgan fingerprint density at radius 2 is 1.60 bits per heavy atom. The molecule has 116 valence electrons. The molecule has 0 saturated carbocycles. The lowest BCUT2D eigenvalue weighted by Crippen LogP contribution is -2.35. The standard InChI is InChI=1S/C15H27NO4/c1-14(2,3)19-12(17)9-11-7-8-16(10-11)13(18)20-15(4,5)6/h11H,7-10H2,1-6H3/t11-/m1/s1. The molecular formula is C15H27NO4. The summed E-state index contributed by atoms with van der Waals surface area (Å²) in [5, 5.41) is 0. The Morgan fingerprint density at radius 3 is 2.10 bits per heavy atom. The van der Waals surface area contributed by atoms with Crippen molar-refractivity contribution in [1.82, 2.24) is 4.90 Å². The molecule has 5 nitrogen and oxygen atoms in total. The van der Waals surface area contributed by atoms with E-state index in [1.165, 1.54) is 0 Å². The quantitative estimate of drug-likeness (QED) is 0.732. The average Bonchev–Trinajstić information content (AvgIpc) is 2.59. The fraction of sp³-hybridized carbons (Fsp3) is 0.867. The summed E-state index contributed by atoms with van der Waals surface area (Å²) in [4.78, 5) is 25.3. The fourth-order valence-electron chi connectivity index (χ4n) is 2.11. The number of nitrogens with zero attached hydrogens (tertiary/aromatic N) is 1. The first-order valence-corrected chi connectivity index (χ1v) is 7.16. The number of esters is 1. The Hall–Kier alpha value is -1.26. The van der Waals surface area contributed by atoms with Crippen molar-refractivity contribution in [2.24, 2.45) is 5.92 Å². The highest BCUT2D eigenvalue weighted by atomic mass is 16.6. The molecule has 0 spiro atoms. The maximum Gasteiger partial charge on any atom is 0.410 e. The van der Waals surface area contributed by atoms with Crippen LogP contribution in [-0.2, 0) is 14.3 Å². The van der Waals surface area contributed by atoms with Crippen molar-refractivity contribution in [3.8, 4) is 0 Å². The monoisotopic (exact) mass is 285 g/mol. The molecule has 1 rings (SSSR count). The van der Waals surface area contributed by atoms with Gasteiger partial charge in [-0.3, -0.25) is 4.79 Å². The normalized spacial score (nSPS) is 19.9. The number of hydrogen-bond acceptors (Lipinski definition) is 4. The molecule has 0 radical (unpaired) electrons. The number of amides is 1. The lowest BCUT2D eigenvalue weighted by molar-refractivity contribution is -0.155. The van der Waals surface area contributed by atoms with E-state index in [-0.39, 0.29) is 18.0 Å². The van der Waals surface area contributed by atoms with E-state index in [0.29, 0.717) is 19.5 Å². The highest BCUT2D eigenvalue weighted by Gasteiger charge is 2.31. The molecule has 0 aromatic heterocycles. The van der Waals surface area contributed by atoms with Crippen LogP contribution in [0, 0.1) is 5.92 Å². The Bertz CT molecular complexity index is 365. The predicted molar refractivity (Wildman–Crippen MR) is 76.4 cm³/mol. The molecule has 0 aromatic carbocycles. The van der Waals surface area contributed by atoms with Gasteiger partial charge >= 0.3 is 12.1 Å². The van der Waals surface area contributed by atoms with Crippen LogP contribution in [0.4, 0.5) is 4.79 Å². The van der Waals surface area contributed by atoms with Gasteiger partial charge in [-0.2, -0.15) is 0 Å². The van der Waals surface area contributed by atoms with E-state index in [9.17, 15) is 9.59 Å². The molecule has 1 atom stereocenters. The second kappa shape index (κ2) is 6.02. The van der Waals surface area contributed by atoms with Gasteiger partial charge < -0.3 is 14.4 Å². The van der Waals surface area contributed by atoms with Crippen molar-refractivity contribution in [2.75, 3.05) is 13.1 Å². The number of likely N-dealkylation sites (tertiary alicyclic amines) is 1. The second-order valence-electron chi connectivity index (χ2n) is 7.37. The predicted octanol–water partition coefficient (Wildman–Crippen LogP) is 2.98. The third-order valence-corrected chi connectivity index (χ3v) is 2.81. The molecule has 1 aliphatic rings. The average molecular weight is 285 g/mol. The molecule has 0 bridgehead atoms. The van der Waals surface area contributed by atoms with E-state index < -0.39 is 11.2 Å². The molecular weight excluding hydrogens is 258 g/mol. The zero-order valence-corrected chi connectivity index (χ0v) is 13.5. The van der Waals surface area contributed by atoms with Gasteiger partial charge in [0.15, 0.2) is 0 Å². The van der Waals surface area contributed by atoms with Gasteiger partial charge in [0.1, 0.15) is 11.2 Å². The van der Waals surface area contributed by atoms with Gasteiger partial charge in [-0.15, -0.1) is 0 Å². The summed E-state index contributed by atoms with van der Waals surface area (Å²) in [6, 6.07) is 0. The Morgan fingerprint density at radius 1 is 1.05 bits per heavy atom. The van der Waals surface area contributed by atoms with Crippen LogP contribution >= 0.6 is 0 Å². The van der Waals surface area contributed by atoms with Gasteiger partial charge in [0.25, 0.3) is 0 Å². The minimum absolute atomic E-state index is 0.164. The first-order chi connectivity index (χ1) is 8.96. The highest BCUT2D eigenvalue weighted by Crippen LogP contribution is 2.23. The van der Waals surface area contributed by atoms with Crippen molar-refractivity contribution in [1.29, 1.82) is 0 Å². The van der Waals surface area contributed by atoms with Crippen LogP contribution in [0.2, 0.25) is 0 Å². The zero-order chi connectivity index (χ0) is 15.6. The Balaban J connectivity index is 2.40. The van der Waals surface area contributed by atoms with Gasteiger partial charge in [-0.25, -0.2) is 4.79 Å². The molecule has 1 fully saturated rings. The third-order valence-electron chi connectivity index (χ3n) is 2.81. The van der Waals surface area contributed by atoms with E-state index in [1.807, 2.05) is 41.5 Å². The van der Waals surface area contributed by atoms with Crippen LogP contribution in [0.3, 0.4) is 0 Å². The molecule has 5 heteroatoms. The topological polar surface area (TPSA) is 55.8 Å². The summed E-state index contributed by atoms with van der Waals surface area (Å²) in [6.45, 7) is 12.3. The largest absolute Gasteiger partial charge is 0.460 e. The van der Waals surface area contributed by atoms with Crippen LogP contribution in [-0.4, -0.2) is 41.3 Å². The van der Waals surface area contributed by atoms with Crippen LogP contribution in [0.1, 0.15) is 54.4 Å². The van der Waals surface area contributed by atoms with Crippen molar-refractivity contribution in [3.05, 3.63) is 0 Å². The van der Waals surface area contributed by atoms with Crippen LogP contribution < -0.4 is 0 Å². The first kappa shape index (κ1) is 16.8. The summed E-state index contributed by atoms with van der Waals surface area (Å²) < 4.78 is 10.6. The van der Waals surface area contributed by atoms with Gasteiger partial charge in [0.05, 0.1) is 6.42 Å². The summed E-state index contributed by atoms with van der Waals surface area (Å²) in [7, 11) is 0. The molecule has 0 N–H and O–H groups in total. The first-order valence-electron chi connectivity index (χ1n) is 7.16. The van der Waals surface area contributed by atoms with Crippen molar-refractivity contribution >= 4 is 12.1 Å². The summed E-state index contributed by atoms with van der Waals surface area (Å²) in [5.74, 6) is -0.0362. The summed E-state index contributed by atoms with van der Waals surface area (Å²) >= 11 is 0. The molecule has 0 unspecified atom stereocenters. The molecule has 1 amide bonds. The van der Waals surface area contributed by atoms with Gasteiger partial charge in [0, 0.05) is 13.1 Å². The van der Waals surface area contributed by atoms with Crippen molar-refractivity contribution in [3.63, 3.8) is 0 Å². The van der Waals surface area contributed by atoms with Crippen molar-refractivity contribution in [2.45, 2.75) is 65.6 Å². The van der Waals surface area contributed by atoms with E-state index in [4.69, 9.17) is 9.47 Å². The lowest BCUT2D eigenvalue weighted by atomic mass is 10.1. The van der Waals surface area contributed by atoms with Gasteiger partial charge in [-0.1, -0.05) is 0 Å². The van der Waals surface area contributed by atoms with Gasteiger partial charge in [0.2, 0.25) is 0 Å². The van der Waals surface area contributed by atoms with Crippen LogP contribution in [0.25, 0.3) is 0 Å². The lowest BCUT2D eigenvalue weighted by Gasteiger charge is -2.24. The van der Waals surface area contributed by atoms with E-state index in [1.54, 1.807) is 4.90 Å². The summed E-state index contributed by atoms with van der Waals surface area (Å²) in [6.07, 6.45) is 0.874. The van der Waals surface area contributed by atoms with Crippen LogP contribution in [0.15, 0.2) is 0 Å². The van der Waals surface area contributed by atoms with Crippen LogP contribution in [0.5, 0.6) is 0 Å². The van der Waals surface area contributed by atoms with E-state index in [2.05, 4.69) is 0 Å². The molecule has 1 saturated heterocycles. The van der Waals surface area contributed by atoms with Crippen molar-refractivity contribution < 1.29 is 19.1 Å². The summed E-state index contributed by atoms with van der Waals surface area (Å²) in [5.41, 5.74) is -0.944. The number of ether oxygens (including phenoxy) is 2. The number of rotatable bonds is 2. The molecule has 0 aromatic rings. The number of carbonyl (C=O) groups is 2. The molecule has 0 aliphatic carbocycles. The smallest absolute Gasteiger partial charge is 0.410 e. The third kappa shape index (κ3) is 6.26. The molecule has 20 heavy (non-hydrogen) atoms. The molecule has 1 aliphatic heterocycles. The Kier molecular flexibility index (Phi) is 5.05. The van der Waals surface area contributed by atoms with E-state index in [0.717, 1.165) is 6.42 Å².